The number of sulfonamides is 1. The van der Waals surface area contributed by atoms with Crippen molar-refractivity contribution < 1.29 is 43.6 Å². The molecule has 0 radical (unpaired) electrons. The maximum absolute atomic E-state index is 16.4. The number of hydrogen-bond donors (Lipinski definition) is 1. The third-order valence-electron chi connectivity index (χ3n) is 19.5. The number of hydrogen-bond acceptors (Lipinski definition) is 9. The normalized spacial score (nSPS) is 15.6. The van der Waals surface area contributed by atoms with Gasteiger partial charge in [0.05, 0.1) is 19.6 Å². The first-order valence-corrected chi connectivity index (χ1v) is 42.7. The van der Waals surface area contributed by atoms with Crippen LogP contribution in [0.5, 0.6) is 0 Å². The first kappa shape index (κ1) is 78.8. The predicted molar refractivity (Wildman–Crippen MR) is 381 cm³/mol. The smallest absolute Gasteiger partial charge is 0.344 e. The van der Waals surface area contributed by atoms with Gasteiger partial charge in [0.1, 0.15) is 0 Å². The minimum absolute atomic E-state index is 0.181. The molecule has 0 saturated carbocycles. The van der Waals surface area contributed by atoms with Gasteiger partial charge >= 0.3 is 5.97 Å². The number of nitrogens with zero attached hydrogens (tertiary/aromatic N) is 1. The van der Waals surface area contributed by atoms with Gasteiger partial charge in [0.15, 0.2) is 0 Å². The van der Waals surface area contributed by atoms with Gasteiger partial charge in [-0.15, -0.1) is 0 Å². The van der Waals surface area contributed by atoms with E-state index < -0.39 is 87.0 Å². The molecule has 1 aliphatic heterocycles. The Hall–Kier alpha value is -3.89. The monoisotopic (exact) mass is 1350 g/mol. The Morgan fingerprint density at radius 3 is 0.750 bits per heavy atom. The van der Waals surface area contributed by atoms with Crippen LogP contribution in [0.25, 0.3) is 0 Å². The summed E-state index contributed by atoms with van der Waals surface area (Å²) in [6.07, 6.45) is 46.5. The highest BCUT2D eigenvalue weighted by atomic mass is 32.3. The molecule has 0 bridgehead atoms. The van der Waals surface area contributed by atoms with Crippen LogP contribution in [0, 0.1) is 0 Å². The van der Waals surface area contributed by atoms with Crippen molar-refractivity contribution in [2.75, 3.05) is 6.54 Å². The van der Waals surface area contributed by atoms with Crippen molar-refractivity contribution in [3.8, 4) is 0 Å². The number of sulfone groups is 3. The maximum Gasteiger partial charge on any atom is 0.344 e. The molecule has 1 unspecified atom stereocenters. The summed E-state index contributed by atoms with van der Waals surface area (Å²) in [7, 11) is -22.8. The van der Waals surface area contributed by atoms with Gasteiger partial charge in [0, 0.05) is 6.54 Å². The van der Waals surface area contributed by atoms with E-state index in [0.29, 0.717) is 25.7 Å². The second-order valence-corrected chi connectivity index (χ2v) is 35.4. The van der Waals surface area contributed by atoms with E-state index >= 15 is 38.5 Å². The molecule has 0 aromatic heterocycles. The molecule has 1 aliphatic rings. The van der Waals surface area contributed by atoms with Crippen molar-refractivity contribution in [3.05, 3.63) is 119 Å². The molecule has 11 nitrogen and oxygen atoms in total. The maximum atomic E-state index is 16.4. The molecule has 5 rings (SSSR count). The molecular formula is C77H121NO10S4. The lowest BCUT2D eigenvalue weighted by Crippen LogP contribution is -2.73. The van der Waals surface area contributed by atoms with Crippen molar-refractivity contribution in [1.29, 1.82) is 0 Å². The standard InChI is InChI=1S/C77H121NO10S4/c1-5-9-13-17-21-25-29-33-37-41-45-67-49-57-71(58-50-67)89(81,82)76(90(83,84)72-59-51-68(52-60-72)46-42-38-34-30-26-22-18-14-10-6-2)65-66-78(92(87,88)74-63-55-70(56-64-74)48-44-40-36-32-28-24-20-16-12-8-4)77(76,75(79)80)91(85,86)73-61-53-69(54-62-73)47-43-39-35-31-27-23-19-15-11-7-3/h49-64H,5-48,65-66H2,1-4H3,(H,79,80). The molecule has 1 fully saturated rings. The van der Waals surface area contributed by atoms with E-state index in [0.717, 1.165) is 125 Å². The summed E-state index contributed by atoms with van der Waals surface area (Å²) in [5.41, 5.74) is 3.08. The third-order valence-corrected chi connectivity index (χ3v) is 30.1. The molecule has 0 spiro atoms. The van der Waals surface area contributed by atoms with Crippen molar-refractivity contribution >= 4 is 45.5 Å². The molecule has 92 heavy (non-hydrogen) atoms. The Kier molecular flexibility index (Phi) is 35.9. The van der Waals surface area contributed by atoms with E-state index in [-0.39, 0.29) is 4.31 Å². The molecule has 4 aromatic carbocycles. The summed E-state index contributed by atoms with van der Waals surface area (Å²) in [6, 6.07) is 22.3. The average molecular weight is 1350 g/mol. The highest BCUT2D eigenvalue weighted by molar-refractivity contribution is 8.12. The molecule has 1 atom stereocenters. The largest absolute Gasteiger partial charge is 0.479 e. The van der Waals surface area contributed by atoms with Gasteiger partial charge in [-0.05, 0) is 129 Å². The van der Waals surface area contributed by atoms with Crippen LogP contribution < -0.4 is 0 Å². The van der Waals surface area contributed by atoms with Crippen molar-refractivity contribution in [3.63, 3.8) is 0 Å². The second-order valence-electron chi connectivity index (χ2n) is 26.8. The van der Waals surface area contributed by atoms with Gasteiger partial charge in [-0.2, -0.15) is 4.31 Å². The molecule has 1 N–H and O–H groups in total. The van der Waals surface area contributed by atoms with Crippen LogP contribution in [0.15, 0.2) is 117 Å². The predicted octanol–water partition coefficient (Wildman–Crippen LogP) is 20.8. The molecule has 0 aliphatic carbocycles. The molecule has 1 saturated heterocycles. The summed E-state index contributed by atoms with van der Waals surface area (Å²) >= 11 is 0. The van der Waals surface area contributed by atoms with Crippen LogP contribution >= 0.6 is 0 Å². The number of rotatable bonds is 53. The Labute approximate surface area is 560 Å². The van der Waals surface area contributed by atoms with E-state index in [9.17, 15) is 5.11 Å². The van der Waals surface area contributed by atoms with Crippen molar-refractivity contribution in [1.82, 2.24) is 4.31 Å². The Balaban J connectivity index is 1.57. The summed E-state index contributed by atoms with van der Waals surface area (Å²) in [5, 5.41) is 12.2. The topological polar surface area (TPSA) is 177 Å². The van der Waals surface area contributed by atoms with Gasteiger partial charge < -0.3 is 5.11 Å². The van der Waals surface area contributed by atoms with E-state index in [1.807, 2.05) is 0 Å². The highest BCUT2D eigenvalue weighted by Crippen LogP contribution is 2.58. The Morgan fingerprint density at radius 1 is 0.315 bits per heavy atom. The van der Waals surface area contributed by atoms with Gasteiger partial charge in [-0.25, -0.2) is 38.5 Å². The molecule has 0 amide bonds. The minimum atomic E-state index is -5.91. The fourth-order valence-corrected chi connectivity index (χ4v) is 24.8. The SMILES string of the molecule is CCCCCCCCCCCCc1ccc(S(=O)(=O)N2CCC(S(=O)(=O)c3ccc(CCCCCCCCCCCC)cc3)(S(=O)(=O)c3ccc(CCCCCCCCCCCC)cc3)C2(C(=O)O)S(=O)(=O)c2ccc(CCCCCCCCCCCC)cc2)cc1. The Morgan fingerprint density at radius 2 is 0.522 bits per heavy atom. The average Bonchev–Trinajstić information content (AvgIpc) is 1.40. The number of benzene rings is 4. The van der Waals surface area contributed by atoms with Crippen LogP contribution in [-0.4, -0.2) is 64.5 Å². The molecule has 4 aromatic rings. The zero-order valence-corrected chi connectivity index (χ0v) is 60.7. The first-order valence-electron chi connectivity index (χ1n) is 36.8. The number of aliphatic carboxylic acids is 1. The van der Waals surface area contributed by atoms with Gasteiger partial charge in [-0.3, -0.25) is 0 Å². The summed E-state index contributed by atoms with van der Waals surface area (Å²) in [5.74, 6) is -2.44. The third kappa shape index (κ3) is 22.1. The number of unbranched alkanes of at least 4 members (excludes halogenated alkanes) is 36. The number of carbonyl (C=O) groups is 1. The first-order chi connectivity index (χ1) is 44.4. The Bertz CT molecular complexity index is 3050. The fourth-order valence-electron chi connectivity index (χ4n) is 13.8. The summed E-state index contributed by atoms with van der Waals surface area (Å²) in [6.45, 7) is 7.76. The summed E-state index contributed by atoms with van der Waals surface area (Å²) < 4.78 is 126. The van der Waals surface area contributed by atoms with E-state index in [1.165, 1.54) is 215 Å². The van der Waals surface area contributed by atoms with Gasteiger partial charge in [-0.1, -0.05) is 307 Å². The van der Waals surface area contributed by atoms with Crippen LogP contribution in [0.3, 0.4) is 0 Å². The molecular weight excluding hydrogens is 1230 g/mol. The number of aryl methyl sites for hydroxylation is 4. The zero-order valence-electron chi connectivity index (χ0n) is 57.5. The molecule has 518 valence electrons. The second kappa shape index (κ2) is 41.9. The highest BCUT2D eigenvalue weighted by Gasteiger charge is 2.85. The number of carboxylic acid groups (broad SMARTS) is 1. The minimum Gasteiger partial charge on any atom is -0.479 e. The molecule has 1 heterocycles. The van der Waals surface area contributed by atoms with E-state index in [1.54, 1.807) is 36.4 Å². The quantitative estimate of drug-likeness (QED) is 0.0419. The zero-order chi connectivity index (χ0) is 66.6. The van der Waals surface area contributed by atoms with Crippen LogP contribution in [0.2, 0.25) is 0 Å². The van der Waals surface area contributed by atoms with Crippen molar-refractivity contribution in [2.24, 2.45) is 0 Å². The number of carboxylic acids is 1. The lowest BCUT2D eigenvalue weighted by molar-refractivity contribution is -0.142. The van der Waals surface area contributed by atoms with Crippen LogP contribution in [0.4, 0.5) is 0 Å². The lowest BCUT2D eigenvalue weighted by Gasteiger charge is -2.43. The van der Waals surface area contributed by atoms with E-state index in [4.69, 9.17) is 0 Å². The van der Waals surface area contributed by atoms with Crippen molar-refractivity contribution in [2.45, 2.75) is 345 Å². The molecule has 15 heteroatoms. The summed E-state index contributed by atoms with van der Waals surface area (Å²) in [4.78, 5) is 8.47. The van der Waals surface area contributed by atoms with E-state index in [2.05, 4.69) is 27.7 Å². The van der Waals surface area contributed by atoms with Gasteiger partial charge in [0.2, 0.25) is 43.6 Å². The van der Waals surface area contributed by atoms with Crippen LogP contribution in [0.1, 0.15) is 313 Å². The fraction of sp³-hybridized carbons (Fsp3) is 0.675. The lowest BCUT2D eigenvalue weighted by atomic mass is 10.0. The van der Waals surface area contributed by atoms with Crippen LogP contribution in [-0.2, 0) is 70.0 Å². The van der Waals surface area contributed by atoms with Gasteiger partial charge in [0.25, 0.3) is 4.87 Å².